The average Bonchev–Trinajstić information content (AvgIpc) is 3.19. The Bertz CT molecular complexity index is 1040. The summed E-state index contributed by atoms with van der Waals surface area (Å²) in [6, 6.07) is 0. The van der Waals surface area contributed by atoms with Gasteiger partial charge in [-0.2, -0.15) is 0 Å². The van der Waals surface area contributed by atoms with E-state index in [9.17, 15) is 14.3 Å². The van der Waals surface area contributed by atoms with Crippen LogP contribution in [-0.2, 0) is 27.9 Å². The fourth-order valence-electron chi connectivity index (χ4n) is 6.14. The molecule has 0 aromatic carbocycles. The maximum atomic E-state index is 12.5. The summed E-state index contributed by atoms with van der Waals surface area (Å²) < 4.78 is 33.4. The Kier molecular flexibility index (Phi) is 42.9. The molecule has 0 heterocycles. The molecule has 0 saturated carbocycles. The summed E-state index contributed by atoms with van der Waals surface area (Å²) in [6.45, 7) is 4.79. The number of ether oxygens (including phenoxy) is 2. The summed E-state index contributed by atoms with van der Waals surface area (Å²) in [5.74, 6) is -0.334. The van der Waals surface area contributed by atoms with E-state index in [-0.39, 0.29) is 32.3 Å². The maximum Gasteiger partial charge on any atom is 0.472 e. The summed E-state index contributed by atoms with van der Waals surface area (Å²) in [6.07, 6.45) is 53.9. The predicted octanol–water partition coefficient (Wildman–Crippen LogP) is 13.8. The highest BCUT2D eigenvalue weighted by atomic mass is 31.2. The molecule has 56 heavy (non-hydrogen) atoms. The fraction of sp³-hybridized carbons (Fsp3) is 0.766. The number of phosphoric acid groups is 1. The minimum absolute atomic E-state index is 0.0972. The molecule has 8 nitrogen and oxygen atoms in total. The Hall–Kier alpha value is -1.80. The molecule has 0 aromatic rings. The molecule has 0 amide bonds. The molecule has 2 atom stereocenters. The average molecular weight is 808 g/mol. The first kappa shape index (κ1) is 54.2. The first-order valence-corrected chi connectivity index (χ1v) is 24.3. The van der Waals surface area contributed by atoms with Crippen molar-refractivity contribution in [2.24, 2.45) is 5.73 Å². The summed E-state index contributed by atoms with van der Waals surface area (Å²) in [4.78, 5) is 22.4. The monoisotopic (exact) mass is 808 g/mol. The van der Waals surface area contributed by atoms with Crippen molar-refractivity contribution >= 4 is 13.8 Å². The predicted molar refractivity (Wildman–Crippen MR) is 238 cm³/mol. The zero-order chi connectivity index (χ0) is 40.9. The van der Waals surface area contributed by atoms with E-state index in [0.717, 1.165) is 64.2 Å². The van der Waals surface area contributed by atoms with E-state index >= 15 is 0 Å². The summed E-state index contributed by atoms with van der Waals surface area (Å²) in [5.41, 5.74) is 5.37. The number of carbonyl (C=O) groups excluding carboxylic acids is 1. The van der Waals surface area contributed by atoms with Gasteiger partial charge in [-0.15, -0.1) is 0 Å². The smallest absolute Gasteiger partial charge is 0.457 e. The van der Waals surface area contributed by atoms with Crippen LogP contribution in [0.1, 0.15) is 194 Å². The fourth-order valence-corrected chi connectivity index (χ4v) is 6.91. The number of hydrogen-bond acceptors (Lipinski definition) is 7. The largest absolute Gasteiger partial charge is 0.472 e. The zero-order valence-corrected chi connectivity index (χ0v) is 37.0. The number of rotatable bonds is 43. The molecule has 0 spiro atoms. The zero-order valence-electron chi connectivity index (χ0n) is 36.1. The van der Waals surface area contributed by atoms with Crippen LogP contribution in [0.25, 0.3) is 0 Å². The first-order valence-electron chi connectivity index (χ1n) is 22.8. The van der Waals surface area contributed by atoms with Gasteiger partial charge in [0.1, 0.15) is 6.10 Å². The van der Waals surface area contributed by atoms with Gasteiger partial charge in [0.2, 0.25) is 0 Å². The van der Waals surface area contributed by atoms with E-state index in [0.29, 0.717) is 13.0 Å². The normalized spacial score (nSPS) is 14.0. The van der Waals surface area contributed by atoms with Gasteiger partial charge in [0.05, 0.1) is 19.8 Å². The molecule has 0 bridgehead atoms. The second-order valence-corrected chi connectivity index (χ2v) is 16.3. The SMILES string of the molecule is CC/C=C\C/C=C\C/C=C\C/C=C\C/C=C\CCCCCCCCCCCCOCC(COP(=O)(O)OCCN)OC(=O)CCCCCCCCCCCCC. The Morgan fingerprint density at radius 1 is 0.554 bits per heavy atom. The van der Waals surface area contributed by atoms with Crippen LogP contribution in [-0.4, -0.2) is 49.9 Å². The van der Waals surface area contributed by atoms with Gasteiger partial charge < -0.3 is 20.1 Å². The van der Waals surface area contributed by atoms with Gasteiger partial charge in [-0.25, -0.2) is 4.57 Å². The number of nitrogens with two attached hydrogens (primary N) is 1. The lowest BCUT2D eigenvalue weighted by molar-refractivity contribution is -0.154. The standard InChI is InChI=1S/C47H86NO7P/c1-3-5-7-9-11-13-15-16-17-18-19-20-21-22-23-24-25-26-27-28-29-31-33-35-37-39-42-52-44-46(45-54-56(50,51)53-43-41-48)55-47(49)40-38-36-34-32-30-14-12-10-8-6-4-2/h5,7,11,13,16-17,19-20,22-23,46H,3-4,6,8-10,12,14-15,18,21,24-45,48H2,1-2H3,(H,50,51)/b7-5-,13-11-,17-16-,20-19-,23-22-. The van der Waals surface area contributed by atoms with Crippen LogP contribution in [0.2, 0.25) is 0 Å². The molecule has 0 aromatic heterocycles. The number of phosphoric ester groups is 1. The number of carbonyl (C=O) groups is 1. The molecule has 326 valence electrons. The van der Waals surface area contributed by atoms with Crippen molar-refractivity contribution in [1.29, 1.82) is 0 Å². The van der Waals surface area contributed by atoms with Crippen LogP contribution in [0, 0.1) is 0 Å². The van der Waals surface area contributed by atoms with Crippen molar-refractivity contribution in [2.45, 2.75) is 200 Å². The van der Waals surface area contributed by atoms with Crippen molar-refractivity contribution < 1.29 is 32.8 Å². The van der Waals surface area contributed by atoms with E-state index < -0.39 is 13.9 Å². The lowest BCUT2D eigenvalue weighted by atomic mass is 10.1. The van der Waals surface area contributed by atoms with E-state index in [1.165, 1.54) is 109 Å². The third-order valence-corrected chi connectivity index (χ3v) is 10.4. The number of unbranched alkanes of at least 4 members (excludes halogenated alkanes) is 20. The van der Waals surface area contributed by atoms with Crippen molar-refractivity contribution in [3.63, 3.8) is 0 Å². The van der Waals surface area contributed by atoms with Gasteiger partial charge in [-0.3, -0.25) is 13.8 Å². The van der Waals surface area contributed by atoms with E-state index in [1.807, 2.05) is 0 Å². The van der Waals surface area contributed by atoms with Gasteiger partial charge >= 0.3 is 13.8 Å². The molecule has 0 aliphatic heterocycles. The van der Waals surface area contributed by atoms with Crippen LogP contribution in [0.3, 0.4) is 0 Å². The van der Waals surface area contributed by atoms with Crippen molar-refractivity contribution in [2.75, 3.05) is 33.0 Å². The van der Waals surface area contributed by atoms with E-state index in [1.54, 1.807) is 0 Å². The third kappa shape index (κ3) is 43.3. The Morgan fingerprint density at radius 2 is 1.00 bits per heavy atom. The second kappa shape index (κ2) is 44.3. The van der Waals surface area contributed by atoms with Crippen LogP contribution in [0.15, 0.2) is 60.8 Å². The van der Waals surface area contributed by atoms with Gasteiger partial charge in [0.25, 0.3) is 0 Å². The van der Waals surface area contributed by atoms with Crippen LogP contribution in [0.5, 0.6) is 0 Å². The maximum absolute atomic E-state index is 12.5. The highest BCUT2D eigenvalue weighted by Gasteiger charge is 2.25. The molecule has 2 unspecified atom stereocenters. The van der Waals surface area contributed by atoms with Gasteiger partial charge in [0, 0.05) is 19.6 Å². The minimum Gasteiger partial charge on any atom is -0.457 e. The van der Waals surface area contributed by atoms with Crippen molar-refractivity contribution in [3.8, 4) is 0 Å². The van der Waals surface area contributed by atoms with Gasteiger partial charge in [-0.1, -0.05) is 190 Å². The molecule has 0 saturated heterocycles. The molecular formula is C47H86NO7P. The molecule has 0 aliphatic carbocycles. The van der Waals surface area contributed by atoms with Crippen LogP contribution >= 0.6 is 7.82 Å². The molecule has 0 aliphatic rings. The number of allylic oxidation sites excluding steroid dienone is 10. The molecular weight excluding hydrogens is 721 g/mol. The second-order valence-electron chi connectivity index (χ2n) is 14.9. The summed E-state index contributed by atoms with van der Waals surface area (Å²) in [5, 5.41) is 0. The Labute approximate surface area is 344 Å². The third-order valence-electron chi connectivity index (χ3n) is 9.45. The summed E-state index contributed by atoms with van der Waals surface area (Å²) >= 11 is 0. The van der Waals surface area contributed by atoms with E-state index in [4.69, 9.17) is 24.3 Å². The van der Waals surface area contributed by atoms with Crippen molar-refractivity contribution in [3.05, 3.63) is 60.8 Å². The molecule has 9 heteroatoms. The van der Waals surface area contributed by atoms with Gasteiger partial charge in [-0.05, 0) is 57.8 Å². The van der Waals surface area contributed by atoms with Crippen LogP contribution < -0.4 is 5.73 Å². The van der Waals surface area contributed by atoms with Gasteiger partial charge in [0.15, 0.2) is 0 Å². The number of hydrogen-bond donors (Lipinski definition) is 2. The Balaban J connectivity index is 3.93. The molecule has 3 N–H and O–H groups in total. The van der Waals surface area contributed by atoms with Crippen LogP contribution in [0.4, 0.5) is 0 Å². The molecule has 0 radical (unpaired) electrons. The quantitative estimate of drug-likeness (QED) is 0.0271. The highest BCUT2D eigenvalue weighted by molar-refractivity contribution is 7.47. The molecule has 0 rings (SSSR count). The van der Waals surface area contributed by atoms with Crippen molar-refractivity contribution in [1.82, 2.24) is 0 Å². The Morgan fingerprint density at radius 3 is 1.50 bits per heavy atom. The lowest BCUT2D eigenvalue weighted by Crippen LogP contribution is -2.28. The lowest BCUT2D eigenvalue weighted by Gasteiger charge is -2.20. The summed E-state index contributed by atoms with van der Waals surface area (Å²) in [7, 11) is -4.28. The topological polar surface area (TPSA) is 117 Å². The minimum atomic E-state index is -4.28. The highest BCUT2D eigenvalue weighted by Crippen LogP contribution is 2.43. The first-order chi connectivity index (χ1) is 27.4. The van der Waals surface area contributed by atoms with E-state index in [2.05, 4.69) is 74.6 Å². The number of esters is 1. The molecule has 0 fully saturated rings.